The molecule has 0 aromatic carbocycles. The zero-order valence-electron chi connectivity index (χ0n) is 7.23. The summed E-state index contributed by atoms with van der Waals surface area (Å²) >= 11 is 0. The fourth-order valence-corrected chi connectivity index (χ4v) is 1.70. The minimum absolute atomic E-state index is 0.406. The largest absolute Gasteiger partial charge is 0.319 e. The van der Waals surface area contributed by atoms with E-state index < -0.39 is 0 Å². The fourth-order valence-electron chi connectivity index (χ4n) is 1.70. The molecule has 0 saturated heterocycles. The summed E-state index contributed by atoms with van der Waals surface area (Å²) in [6.45, 7) is 0.843. The molecule has 1 fully saturated rings. The molecule has 1 N–H and O–H groups in total. The van der Waals surface area contributed by atoms with Gasteiger partial charge < -0.3 is 5.32 Å². The van der Waals surface area contributed by atoms with Crippen molar-refractivity contribution in [3.05, 3.63) is 0 Å². The number of hydrogen-bond acceptors (Lipinski definition) is 2. The number of carbonyl (C=O) groups is 1. The van der Waals surface area contributed by atoms with Crippen molar-refractivity contribution in [3.8, 4) is 0 Å². The van der Waals surface area contributed by atoms with Gasteiger partial charge in [-0.15, -0.1) is 0 Å². The van der Waals surface area contributed by atoms with E-state index in [-0.39, 0.29) is 0 Å². The summed E-state index contributed by atoms with van der Waals surface area (Å²) in [5.74, 6) is 0.875. The molecular weight excluding hydrogens is 138 g/mol. The molecular formula is C9H17NO. The Kier molecular flexibility index (Phi) is 3.57. The van der Waals surface area contributed by atoms with Gasteiger partial charge in [0.2, 0.25) is 0 Å². The van der Waals surface area contributed by atoms with Crippen molar-refractivity contribution in [1.29, 1.82) is 0 Å². The number of rotatable bonds is 4. The van der Waals surface area contributed by atoms with Crippen LogP contribution in [0.5, 0.6) is 0 Å². The molecule has 64 valence electrons. The molecule has 1 aliphatic rings. The topological polar surface area (TPSA) is 29.1 Å². The maximum absolute atomic E-state index is 11.4. The lowest BCUT2D eigenvalue weighted by Gasteiger charge is -2.06. The van der Waals surface area contributed by atoms with Gasteiger partial charge in [-0.2, -0.15) is 0 Å². The average Bonchev–Trinajstić information content (AvgIpc) is 2.52. The van der Waals surface area contributed by atoms with Crippen LogP contribution < -0.4 is 5.32 Å². The Balaban J connectivity index is 2.17. The Hall–Kier alpha value is -0.370. The zero-order chi connectivity index (χ0) is 8.10. The van der Waals surface area contributed by atoms with Crippen LogP contribution in [0, 0.1) is 5.92 Å². The van der Waals surface area contributed by atoms with Crippen molar-refractivity contribution in [2.24, 2.45) is 5.92 Å². The lowest BCUT2D eigenvalue weighted by atomic mass is 10.0. The van der Waals surface area contributed by atoms with Gasteiger partial charge in [-0.1, -0.05) is 12.8 Å². The van der Waals surface area contributed by atoms with Crippen LogP contribution in [0.3, 0.4) is 0 Å². The molecule has 2 nitrogen and oxygen atoms in total. The summed E-state index contributed by atoms with van der Waals surface area (Å²) in [4.78, 5) is 11.4. The van der Waals surface area contributed by atoms with Crippen LogP contribution in [0.1, 0.15) is 32.1 Å². The lowest BCUT2D eigenvalue weighted by molar-refractivity contribution is -0.122. The molecule has 0 heterocycles. The number of nitrogens with one attached hydrogen (secondary N) is 1. The predicted molar refractivity (Wildman–Crippen MR) is 45.5 cm³/mol. The molecule has 0 aromatic rings. The second kappa shape index (κ2) is 4.50. The van der Waals surface area contributed by atoms with Crippen LogP contribution >= 0.6 is 0 Å². The van der Waals surface area contributed by atoms with E-state index in [1.165, 1.54) is 12.8 Å². The summed E-state index contributed by atoms with van der Waals surface area (Å²) in [6.07, 6.45) is 5.53. The first-order valence-corrected chi connectivity index (χ1v) is 4.52. The summed E-state index contributed by atoms with van der Waals surface area (Å²) in [7, 11) is 1.89. The Bertz CT molecular complexity index is 128. The Labute approximate surface area is 68.4 Å². The van der Waals surface area contributed by atoms with E-state index in [2.05, 4.69) is 5.32 Å². The predicted octanol–water partition coefficient (Wildman–Crippen LogP) is 1.36. The van der Waals surface area contributed by atoms with Crippen molar-refractivity contribution in [2.75, 3.05) is 13.6 Å². The number of Topliss-reactive ketones (excluding diaryl/α,β-unsaturated/α-hetero) is 1. The van der Waals surface area contributed by atoms with Crippen LogP contribution in [0.2, 0.25) is 0 Å². The monoisotopic (exact) mass is 155 g/mol. The second-order valence-corrected chi connectivity index (χ2v) is 3.30. The van der Waals surface area contributed by atoms with Gasteiger partial charge in [-0.3, -0.25) is 4.79 Å². The molecule has 0 unspecified atom stereocenters. The van der Waals surface area contributed by atoms with Gasteiger partial charge in [0.05, 0.1) is 0 Å². The van der Waals surface area contributed by atoms with E-state index in [0.29, 0.717) is 11.7 Å². The molecule has 1 aliphatic carbocycles. The van der Waals surface area contributed by atoms with Crippen LogP contribution in [-0.2, 0) is 4.79 Å². The molecule has 0 bridgehead atoms. The first-order chi connectivity index (χ1) is 5.34. The lowest BCUT2D eigenvalue weighted by Crippen LogP contribution is -2.17. The SMILES string of the molecule is CNCCC(=O)C1CCCC1. The van der Waals surface area contributed by atoms with Crippen molar-refractivity contribution in [3.63, 3.8) is 0 Å². The average molecular weight is 155 g/mol. The van der Waals surface area contributed by atoms with Crippen molar-refractivity contribution in [1.82, 2.24) is 5.32 Å². The fraction of sp³-hybridized carbons (Fsp3) is 0.889. The highest BCUT2D eigenvalue weighted by molar-refractivity contribution is 5.81. The van der Waals surface area contributed by atoms with E-state index in [9.17, 15) is 4.79 Å². The van der Waals surface area contributed by atoms with Crippen LogP contribution in [0.4, 0.5) is 0 Å². The highest BCUT2D eigenvalue weighted by Crippen LogP contribution is 2.25. The van der Waals surface area contributed by atoms with Crippen LogP contribution in [-0.4, -0.2) is 19.4 Å². The van der Waals surface area contributed by atoms with Crippen molar-refractivity contribution < 1.29 is 4.79 Å². The molecule has 0 atom stereocenters. The molecule has 11 heavy (non-hydrogen) atoms. The van der Waals surface area contributed by atoms with Crippen LogP contribution in [0.25, 0.3) is 0 Å². The normalized spacial score (nSPS) is 19.0. The van der Waals surface area contributed by atoms with Gasteiger partial charge >= 0.3 is 0 Å². The molecule has 0 spiro atoms. The Morgan fingerprint density at radius 3 is 2.64 bits per heavy atom. The third kappa shape index (κ3) is 2.62. The summed E-state index contributed by atoms with van der Waals surface area (Å²) < 4.78 is 0. The molecule has 0 radical (unpaired) electrons. The summed E-state index contributed by atoms with van der Waals surface area (Å²) in [5, 5.41) is 3.00. The minimum atomic E-state index is 0.406. The molecule has 2 heteroatoms. The maximum Gasteiger partial charge on any atom is 0.137 e. The molecule has 0 aliphatic heterocycles. The smallest absolute Gasteiger partial charge is 0.137 e. The van der Waals surface area contributed by atoms with Gasteiger partial charge in [0.15, 0.2) is 0 Å². The first kappa shape index (κ1) is 8.72. The summed E-state index contributed by atoms with van der Waals surface area (Å²) in [5.41, 5.74) is 0. The van der Waals surface area contributed by atoms with Gasteiger partial charge in [0, 0.05) is 18.9 Å². The van der Waals surface area contributed by atoms with E-state index in [1.807, 2.05) is 7.05 Å². The first-order valence-electron chi connectivity index (χ1n) is 4.52. The van der Waals surface area contributed by atoms with Crippen molar-refractivity contribution >= 4 is 5.78 Å². The van der Waals surface area contributed by atoms with Crippen molar-refractivity contribution in [2.45, 2.75) is 32.1 Å². The third-order valence-electron chi connectivity index (χ3n) is 2.43. The van der Waals surface area contributed by atoms with E-state index >= 15 is 0 Å². The maximum atomic E-state index is 11.4. The Morgan fingerprint density at radius 1 is 1.45 bits per heavy atom. The number of ketones is 1. The highest BCUT2D eigenvalue weighted by atomic mass is 16.1. The molecule has 0 amide bonds. The molecule has 1 saturated carbocycles. The summed E-state index contributed by atoms with van der Waals surface area (Å²) in [6, 6.07) is 0. The molecule has 1 rings (SSSR count). The van der Waals surface area contributed by atoms with Gasteiger partial charge in [-0.05, 0) is 19.9 Å². The van der Waals surface area contributed by atoms with E-state index in [4.69, 9.17) is 0 Å². The molecule has 0 aromatic heterocycles. The second-order valence-electron chi connectivity index (χ2n) is 3.30. The standard InChI is InChI=1S/C9H17NO/c1-10-7-6-9(11)8-4-2-3-5-8/h8,10H,2-7H2,1H3. The minimum Gasteiger partial charge on any atom is -0.319 e. The third-order valence-corrected chi connectivity index (χ3v) is 2.43. The Morgan fingerprint density at radius 2 is 2.09 bits per heavy atom. The quantitative estimate of drug-likeness (QED) is 0.664. The highest BCUT2D eigenvalue weighted by Gasteiger charge is 2.21. The number of hydrogen-bond donors (Lipinski definition) is 1. The van der Waals surface area contributed by atoms with E-state index in [1.54, 1.807) is 0 Å². The van der Waals surface area contributed by atoms with Gasteiger partial charge in [0.25, 0.3) is 0 Å². The van der Waals surface area contributed by atoms with E-state index in [0.717, 1.165) is 25.8 Å². The van der Waals surface area contributed by atoms with Gasteiger partial charge in [-0.25, -0.2) is 0 Å². The zero-order valence-corrected chi connectivity index (χ0v) is 7.23. The number of carbonyl (C=O) groups excluding carboxylic acids is 1. The van der Waals surface area contributed by atoms with Gasteiger partial charge in [0.1, 0.15) is 5.78 Å². The van der Waals surface area contributed by atoms with Crippen LogP contribution in [0.15, 0.2) is 0 Å².